The molecule has 4 rings (SSSR count). The molecule has 3 aliphatic rings. The second-order valence-corrected chi connectivity index (χ2v) is 6.82. The monoisotopic (exact) mass is 304 g/mol. The Morgan fingerprint density at radius 1 is 1.32 bits per heavy atom. The first-order chi connectivity index (χ1) is 10.6. The SMILES string of the molecule is CN[C@@H]1CCN(c2nc(N)nc3c2OC[C@@]2(C)CCCN32)C1. The standard InChI is InChI=1S/C15H24N6O/c1-15-5-3-6-21(15)13-11(22-9-15)12(18-14(16)19-13)20-7-4-10(8-20)17-2/h10,17H,3-9H2,1-2H3,(H2,16,18,19)/t10-,15-/m1/s1. The maximum atomic E-state index is 6.12. The lowest BCUT2D eigenvalue weighted by Gasteiger charge is -2.41. The minimum absolute atomic E-state index is 0.0452. The van der Waals surface area contributed by atoms with Crippen LogP contribution in [0, 0.1) is 0 Å². The van der Waals surface area contributed by atoms with Crippen LogP contribution in [0.25, 0.3) is 0 Å². The summed E-state index contributed by atoms with van der Waals surface area (Å²) in [7, 11) is 2.00. The van der Waals surface area contributed by atoms with E-state index in [4.69, 9.17) is 10.5 Å². The molecule has 3 aliphatic heterocycles. The highest BCUT2D eigenvalue weighted by Gasteiger charge is 2.44. The molecule has 0 bridgehead atoms. The second-order valence-electron chi connectivity index (χ2n) is 6.82. The maximum Gasteiger partial charge on any atom is 0.224 e. The lowest BCUT2D eigenvalue weighted by Crippen LogP contribution is -2.50. The highest BCUT2D eigenvalue weighted by molar-refractivity contribution is 5.71. The maximum absolute atomic E-state index is 6.12. The van der Waals surface area contributed by atoms with E-state index in [-0.39, 0.29) is 5.54 Å². The van der Waals surface area contributed by atoms with Crippen LogP contribution < -0.4 is 25.6 Å². The first kappa shape index (κ1) is 13.9. The summed E-state index contributed by atoms with van der Waals surface area (Å²) in [6, 6.07) is 0.493. The van der Waals surface area contributed by atoms with E-state index in [0.717, 1.165) is 49.9 Å². The van der Waals surface area contributed by atoms with Crippen LogP contribution in [0.2, 0.25) is 0 Å². The van der Waals surface area contributed by atoms with Gasteiger partial charge in [-0.05, 0) is 33.2 Å². The molecular formula is C15H24N6O. The Kier molecular flexibility index (Phi) is 3.07. The first-order valence-corrected chi connectivity index (χ1v) is 8.11. The number of nitrogens with zero attached hydrogens (tertiary/aromatic N) is 4. The molecular weight excluding hydrogens is 280 g/mol. The van der Waals surface area contributed by atoms with Crippen molar-refractivity contribution < 1.29 is 4.74 Å². The number of nitrogens with two attached hydrogens (primary N) is 1. The van der Waals surface area contributed by atoms with Gasteiger partial charge in [0.2, 0.25) is 11.7 Å². The van der Waals surface area contributed by atoms with Gasteiger partial charge in [-0.1, -0.05) is 0 Å². The van der Waals surface area contributed by atoms with Gasteiger partial charge in [-0.2, -0.15) is 9.97 Å². The Bertz CT molecular complexity index is 594. The number of hydrogen-bond acceptors (Lipinski definition) is 7. The predicted octanol–water partition coefficient (Wildman–Crippen LogP) is 0.608. The van der Waals surface area contributed by atoms with Gasteiger partial charge in [0.1, 0.15) is 6.61 Å². The Balaban J connectivity index is 1.74. The van der Waals surface area contributed by atoms with Gasteiger partial charge in [0, 0.05) is 25.7 Å². The zero-order chi connectivity index (χ0) is 15.3. The van der Waals surface area contributed by atoms with Crippen molar-refractivity contribution in [1.29, 1.82) is 0 Å². The molecule has 2 atom stereocenters. The number of nitrogen functional groups attached to an aromatic ring is 1. The van der Waals surface area contributed by atoms with E-state index >= 15 is 0 Å². The zero-order valence-electron chi connectivity index (χ0n) is 13.3. The summed E-state index contributed by atoms with van der Waals surface area (Å²) < 4.78 is 6.12. The van der Waals surface area contributed by atoms with Crippen molar-refractivity contribution in [3.63, 3.8) is 0 Å². The molecule has 0 aliphatic carbocycles. The third kappa shape index (κ3) is 1.99. The predicted molar refractivity (Wildman–Crippen MR) is 86.6 cm³/mol. The molecule has 120 valence electrons. The molecule has 0 spiro atoms. The van der Waals surface area contributed by atoms with E-state index in [1.54, 1.807) is 0 Å². The van der Waals surface area contributed by atoms with Gasteiger partial charge in [-0.15, -0.1) is 0 Å². The molecule has 0 amide bonds. The van der Waals surface area contributed by atoms with Gasteiger partial charge in [-0.25, -0.2) is 0 Å². The Morgan fingerprint density at radius 3 is 2.91 bits per heavy atom. The summed E-state index contributed by atoms with van der Waals surface area (Å²) in [6.07, 6.45) is 3.41. The summed E-state index contributed by atoms with van der Waals surface area (Å²) in [5.41, 5.74) is 6.04. The summed E-state index contributed by atoms with van der Waals surface area (Å²) >= 11 is 0. The third-order valence-corrected chi connectivity index (χ3v) is 5.27. The smallest absolute Gasteiger partial charge is 0.224 e. The zero-order valence-corrected chi connectivity index (χ0v) is 13.3. The van der Waals surface area contributed by atoms with Crippen LogP contribution in [0.3, 0.4) is 0 Å². The van der Waals surface area contributed by atoms with Crippen LogP contribution in [0.5, 0.6) is 5.75 Å². The molecule has 7 heteroatoms. The van der Waals surface area contributed by atoms with Gasteiger partial charge in [-0.3, -0.25) is 0 Å². The quantitative estimate of drug-likeness (QED) is 0.828. The average molecular weight is 304 g/mol. The van der Waals surface area contributed by atoms with E-state index in [1.807, 2.05) is 7.05 Å². The largest absolute Gasteiger partial charge is 0.484 e. The summed E-state index contributed by atoms with van der Waals surface area (Å²) in [5.74, 6) is 2.88. The number of fused-ring (bicyclic) bond motifs is 3. The lowest BCUT2D eigenvalue weighted by atomic mass is 9.99. The van der Waals surface area contributed by atoms with E-state index in [9.17, 15) is 0 Å². The third-order valence-electron chi connectivity index (χ3n) is 5.27. The molecule has 1 aromatic heterocycles. The average Bonchev–Trinajstić information content (AvgIpc) is 3.12. The molecule has 0 saturated carbocycles. The fourth-order valence-corrected chi connectivity index (χ4v) is 3.92. The number of ether oxygens (including phenoxy) is 1. The molecule has 0 aromatic carbocycles. The molecule has 0 radical (unpaired) electrons. The molecule has 4 heterocycles. The van der Waals surface area contributed by atoms with Gasteiger partial charge in [0.05, 0.1) is 5.54 Å². The Labute approximate surface area is 130 Å². The van der Waals surface area contributed by atoms with Crippen LogP contribution >= 0.6 is 0 Å². The van der Waals surface area contributed by atoms with E-state index in [2.05, 4.69) is 32.0 Å². The lowest BCUT2D eigenvalue weighted by molar-refractivity contribution is 0.211. The fourth-order valence-electron chi connectivity index (χ4n) is 3.92. The molecule has 3 N–H and O–H groups in total. The summed E-state index contributed by atoms with van der Waals surface area (Å²) in [5, 5.41) is 3.33. The number of nitrogens with one attached hydrogen (secondary N) is 1. The molecule has 22 heavy (non-hydrogen) atoms. The fraction of sp³-hybridized carbons (Fsp3) is 0.733. The normalized spacial score (nSPS) is 30.2. The molecule has 0 unspecified atom stereocenters. The minimum atomic E-state index is 0.0452. The van der Waals surface area contributed by atoms with Crippen LogP contribution in [-0.2, 0) is 0 Å². The Hall–Kier alpha value is -1.76. The number of rotatable bonds is 2. The van der Waals surface area contributed by atoms with Crippen LogP contribution in [0.4, 0.5) is 17.6 Å². The molecule has 7 nitrogen and oxygen atoms in total. The van der Waals surface area contributed by atoms with E-state index in [1.165, 1.54) is 6.42 Å². The van der Waals surface area contributed by atoms with Crippen molar-refractivity contribution in [3.05, 3.63) is 0 Å². The molecule has 2 fully saturated rings. The Morgan fingerprint density at radius 2 is 2.14 bits per heavy atom. The van der Waals surface area contributed by atoms with Crippen molar-refractivity contribution in [3.8, 4) is 5.75 Å². The van der Waals surface area contributed by atoms with Crippen molar-refractivity contribution in [2.75, 3.05) is 48.8 Å². The highest BCUT2D eigenvalue weighted by Crippen LogP contribution is 2.46. The van der Waals surface area contributed by atoms with Gasteiger partial charge in [0.15, 0.2) is 11.6 Å². The number of anilines is 3. The van der Waals surface area contributed by atoms with Crippen molar-refractivity contribution in [1.82, 2.24) is 15.3 Å². The number of likely N-dealkylation sites (N-methyl/N-ethyl adjacent to an activating group) is 1. The van der Waals surface area contributed by atoms with E-state index in [0.29, 0.717) is 18.6 Å². The van der Waals surface area contributed by atoms with Crippen molar-refractivity contribution in [2.24, 2.45) is 0 Å². The van der Waals surface area contributed by atoms with Crippen LogP contribution in [0.1, 0.15) is 26.2 Å². The second kappa shape index (κ2) is 4.87. The first-order valence-electron chi connectivity index (χ1n) is 8.11. The highest BCUT2D eigenvalue weighted by atomic mass is 16.5. The van der Waals surface area contributed by atoms with Crippen molar-refractivity contribution in [2.45, 2.75) is 37.8 Å². The van der Waals surface area contributed by atoms with Crippen LogP contribution in [-0.4, -0.2) is 54.8 Å². The van der Waals surface area contributed by atoms with Crippen LogP contribution in [0.15, 0.2) is 0 Å². The van der Waals surface area contributed by atoms with Crippen molar-refractivity contribution >= 4 is 17.6 Å². The number of aromatic nitrogens is 2. The number of hydrogen-bond donors (Lipinski definition) is 2. The van der Waals surface area contributed by atoms with E-state index < -0.39 is 0 Å². The van der Waals surface area contributed by atoms with Gasteiger partial charge in [0.25, 0.3) is 0 Å². The summed E-state index contributed by atoms with van der Waals surface area (Å²) in [4.78, 5) is 13.6. The summed E-state index contributed by atoms with van der Waals surface area (Å²) in [6.45, 7) is 5.86. The van der Waals surface area contributed by atoms with Gasteiger partial charge < -0.3 is 25.6 Å². The van der Waals surface area contributed by atoms with Gasteiger partial charge >= 0.3 is 0 Å². The molecule has 1 aromatic rings. The topological polar surface area (TPSA) is 79.5 Å². The molecule has 2 saturated heterocycles. The minimum Gasteiger partial charge on any atom is -0.484 e.